The summed E-state index contributed by atoms with van der Waals surface area (Å²) in [7, 11) is 0. The van der Waals surface area contributed by atoms with Gasteiger partial charge in [0.2, 0.25) is 5.91 Å². The van der Waals surface area contributed by atoms with E-state index in [1.54, 1.807) is 12.1 Å². The average molecular weight is 363 g/mol. The Bertz CT molecular complexity index is 699. The highest BCUT2D eigenvalue weighted by Crippen LogP contribution is 2.23. The van der Waals surface area contributed by atoms with E-state index in [4.69, 9.17) is 0 Å². The molecule has 0 radical (unpaired) electrons. The number of aryl methyl sites for hydroxylation is 1. The van der Waals surface area contributed by atoms with Gasteiger partial charge in [0.15, 0.2) is 0 Å². The van der Waals surface area contributed by atoms with Gasteiger partial charge in [-0.1, -0.05) is 41.1 Å². The molecule has 0 aromatic heterocycles. The number of amides is 1. The van der Waals surface area contributed by atoms with Crippen LogP contribution in [0.5, 0.6) is 0 Å². The van der Waals surface area contributed by atoms with Crippen LogP contribution in [-0.4, -0.2) is 10.8 Å². The van der Waals surface area contributed by atoms with Crippen molar-refractivity contribution in [3.05, 3.63) is 68.2 Å². The molecule has 0 saturated carbocycles. The molecule has 0 aliphatic rings. The van der Waals surface area contributed by atoms with E-state index in [2.05, 4.69) is 21.2 Å². The average Bonchev–Trinajstić information content (AvgIpc) is 2.49. The minimum Gasteiger partial charge on any atom is -0.326 e. The number of anilines is 1. The topological polar surface area (TPSA) is 72.2 Å². The third-order valence-electron chi connectivity index (χ3n) is 3.22. The van der Waals surface area contributed by atoms with Gasteiger partial charge < -0.3 is 5.32 Å². The maximum atomic E-state index is 12.0. The van der Waals surface area contributed by atoms with E-state index >= 15 is 0 Å². The van der Waals surface area contributed by atoms with E-state index in [1.165, 1.54) is 6.07 Å². The number of halogens is 1. The lowest BCUT2D eigenvalue weighted by Crippen LogP contribution is -2.14. The second-order valence-electron chi connectivity index (χ2n) is 4.81. The van der Waals surface area contributed by atoms with Crippen LogP contribution in [-0.2, 0) is 17.6 Å². The van der Waals surface area contributed by atoms with Gasteiger partial charge in [-0.2, -0.15) is 0 Å². The van der Waals surface area contributed by atoms with Crippen molar-refractivity contribution < 1.29 is 9.72 Å². The van der Waals surface area contributed by atoms with Crippen molar-refractivity contribution in [2.24, 2.45) is 0 Å². The minimum atomic E-state index is -0.427. The fourth-order valence-corrected chi connectivity index (χ4v) is 2.37. The molecule has 0 aliphatic carbocycles. The third kappa shape index (κ3) is 4.14. The number of nitrogens with one attached hydrogen (secondary N) is 1. The van der Waals surface area contributed by atoms with Crippen LogP contribution in [0.3, 0.4) is 0 Å². The van der Waals surface area contributed by atoms with Gasteiger partial charge in [0, 0.05) is 21.8 Å². The van der Waals surface area contributed by atoms with Gasteiger partial charge >= 0.3 is 0 Å². The van der Waals surface area contributed by atoms with Gasteiger partial charge in [-0.15, -0.1) is 0 Å². The Morgan fingerprint density at radius 1 is 1.23 bits per heavy atom. The summed E-state index contributed by atoms with van der Waals surface area (Å²) in [5, 5.41) is 13.7. The van der Waals surface area contributed by atoms with E-state index in [1.807, 2.05) is 31.2 Å². The first-order chi connectivity index (χ1) is 10.5. The number of hydrogen-bond acceptors (Lipinski definition) is 3. The number of hydrogen-bond donors (Lipinski definition) is 1. The summed E-state index contributed by atoms with van der Waals surface area (Å²) in [6.07, 6.45) is 0.792. The summed E-state index contributed by atoms with van der Waals surface area (Å²) in [5.74, 6) is -0.208. The summed E-state index contributed by atoms with van der Waals surface area (Å²) in [5.41, 5.74) is 1.99. The molecule has 2 rings (SSSR count). The number of carbonyl (C=O) groups is 1. The molecule has 1 N–H and O–H groups in total. The van der Waals surface area contributed by atoms with Gasteiger partial charge in [0.25, 0.3) is 5.69 Å². The largest absolute Gasteiger partial charge is 0.326 e. The Morgan fingerprint density at radius 3 is 2.50 bits per heavy atom. The number of rotatable bonds is 5. The molecular formula is C16H15BrN2O3. The molecule has 1 amide bonds. The number of nitrogens with zero attached hydrogens (tertiary/aromatic N) is 1. The molecule has 22 heavy (non-hydrogen) atoms. The highest BCUT2D eigenvalue weighted by atomic mass is 79.9. The molecule has 5 nitrogen and oxygen atoms in total. The summed E-state index contributed by atoms with van der Waals surface area (Å²) in [6, 6.07) is 12.2. The van der Waals surface area contributed by atoms with Crippen LogP contribution in [0.4, 0.5) is 11.4 Å². The molecule has 0 bridgehead atoms. The van der Waals surface area contributed by atoms with Crippen molar-refractivity contribution in [1.29, 1.82) is 0 Å². The van der Waals surface area contributed by atoms with Crippen LogP contribution in [0.15, 0.2) is 46.9 Å². The lowest BCUT2D eigenvalue weighted by atomic mass is 10.1. The molecule has 2 aromatic rings. The van der Waals surface area contributed by atoms with Crippen molar-refractivity contribution >= 4 is 33.2 Å². The van der Waals surface area contributed by atoms with E-state index in [-0.39, 0.29) is 18.0 Å². The van der Waals surface area contributed by atoms with Gasteiger partial charge in [-0.25, -0.2) is 0 Å². The molecule has 0 spiro atoms. The first kappa shape index (κ1) is 16.2. The third-order valence-corrected chi connectivity index (χ3v) is 3.75. The van der Waals surface area contributed by atoms with Crippen molar-refractivity contribution in [3.63, 3.8) is 0 Å². The first-order valence-corrected chi connectivity index (χ1v) is 7.60. The van der Waals surface area contributed by atoms with Crippen LogP contribution in [0, 0.1) is 10.1 Å². The Hall–Kier alpha value is -2.21. The highest BCUT2D eigenvalue weighted by molar-refractivity contribution is 9.10. The van der Waals surface area contributed by atoms with Gasteiger partial charge in [-0.3, -0.25) is 14.9 Å². The molecule has 114 valence electrons. The lowest BCUT2D eigenvalue weighted by Gasteiger charge is -2.07. The smallest absolute Gasteiger partial charge is 0.274 e. The zero-order valence-electron chi connectivity index (χ0n) is 12.0. The van der Waals surface area contributed by atoms with Crippen molar-refractivity contribution in [2.45, 2.75) is 19.8 Å². The van der Waals surface area contributed by atoms with Crippen LogP contribution in [0.25, 0.3) is 0 Å². The molecular weight excluding hydrogens is 348 g/mol. The monoisotopic (exact) mass is 362 g/mol. The SMILES string of the molecule is CCc1ccc(NC(=O)Cc2ccc(Br)cc2)cc1[N+](=O)[O-]. The Kier molecular flexibility index (Phi) is 5.27. The van der Waals surface area contributed by atoms with Gasteiger partial charge in [0.05, 0.1) is 11.3 Å². The van der Waals surface area contributed by atoms with Crippen LogP contribution >= 0.6 is 15.9 Å². The maximum absolute atomic E-state index is 12.0. The van der Waals surface area contributed by atoms with E-state index in [9.17, 15) is 14.9 Å². The summed E-state index contributed by atoms with van der Waals surface area (Å²) in [6.45, 7) is 1.86. The maximum Gasteiger partial charge on any atom is 0.274 e. The first-order valence-electron chi connectivity index (χ1n) is 6.81. The second kappa shape index (κ2) is 7.17. The highest BCUT2D eigenvalue weighted by Gasteiger charge is 2.14. The minimum absolute atomic E-state index is 0.0314. The molecule has 0 heterocycles. The van der Waals surface area contributed by atoms with Crippen LogP contribution < -0.4 is 5.32 Å². The quantitative estimate of drug-likeness (QED) is 0.642. The summed E-state index contributed by atoms with van der Waals surface area (Å²) >= 11 is 3.34. The van der Waals surface area contributed by atoms with Crippen LogP contribution in [0.1, 0.15) is 18.1 Å². The fraction of sp³-hybridized carbons (Fsp3) is 0.188. The number of benzene rings is 2. The number of nitro groups is 1. The zero-order chi connectivity index (χ0) is 16.1. The Morgan fingerprint density at radius 2 is 1.91 bits per heavy atom. The standard InChI is InChI=1S/C16H15BrN2O3/c1-2-12-5-8-14(10-15(12)19(21)22)18-16(20)9-11-3-6-13(17)7-4-11/h3-8,10H,2,9H2,1H3,(H,18,20). The summed E-state index contributed by atoms with van der Waals surface area (Å²) in [4.78, 5) is 22.6. The second-order valence-corrected chi connectivity index (χ2v) is 5.72. The van der Waals surface area contributed by atoms with Crippen LogP contribution in [0.2, 0.25) is 0 Å². The Labute approximate surface area is 136 Å². The predicted molar refractivity (Wildman–Crippen MR) is 89.0 cm³/mol. The molecule has 0 atom stereocenters. The molecule has 0 aliphatic heterocycles. The molecule has 0 fully saturated rings. The predicted octanol–water partition coefficient (Wildman–Crippen LogP) is 4.10. The van der Waals surface area contributed by atoms with Crippen molar-refractivity contribution in [3.8, 4) is 0 Å². The number of nitro benzene ring substituents is 1. The zero-order valence-corrected chi connectivity index (χ0v) is 13.6. The fourth-order valence-electron chi connectivity index (χ4n) is 2.10. The summed E-state index contributed by atoms with van der Waals surface area (Å²) < 4.78 is 0.947. The number of carbonyl (C=O) groups excluding carboxylic acids is 1. The molecule has 0 unspecified atom stereocenters. The van der Waals surface area contributed by atoms with Crippen molar-refractivity contribution in [1.82, 2.24) is 0 Å². The van der Waals surface area contributed by atoms with E-state index < -0.39 is 4.92 Å². The lowest BCUT2D eigenvalue weighted by molar-refractivity contribution is -0.385. The van der Waals surface area contributed by atoms with E-state index in [0.29, 0.717) is 17.7 Å². The molecule has 2 aromatic carbocycles. The normalized spacial score (nSPS) is 10.3. The van der Waals surface area contributed by atoms with Gasteiger partial charge in [-0.05, 0) is 30.2 Å². The van der Waals surface area contributed by atoms with Gasteiger partial charge in [0.1, 0.15) is 0 Å². The molecule has 0 saturated heterocycles. The van der Waals surface area contributed by atoms with E-state index in [0.717, 1.165) is 10.0 Å². The molecule has 6 heteroatoms. The van der Waals surface area contributed by atoms with Crippen molar-refractivity contribution in [2.75, 3.05) is 5.32 Å². The Balaban J connectivity index is 2.09.